The molecule has 0 aliphatic rings. The number of ketones is 1. The highest BCUT2D eigenvalue weighted by Crippen LogP contribution is 2.23. The second-order valence-electron chi connectivity index (χ2n) is 6.98. The second kappa shape index (κ2) is 9.69. The van der Waals surface area contributed by atoms with Gasteiger partial charge in [0.05, 0.1) is 6.04 Å². The van der Waals surface area contributed by atoms with Gasteiger partial charge in [-0.3, -0.25) is 14.6 Å². The lowest BCUT2D eigenvalue weighted by atomic mass is 10.1. The smallest absolute Gasteiger partial charge is 0.422 e. The molecule has 0 N–H and O–H groups in total. The molecule has 30 heavy (non-hydrogen) atoms. The predicted molar refractivity (Wildman–Crippen MR) is 104 cm³/mol. The van der Waals surface area contributed by atoms with Crippen molar-refractivity contribution in [1.29, 1.82) is 0 Å². The Labute approximate surface area is 173 Å². The second-order valence-corrected chi connectivity index (χ2v) is 6.98. The highest BCUT2D eigenvalue weighted by Gasteiger charge is 2.28. The van der Waals surface area contributed by atoms with Gasteiger partial charge in [-0.1, -0.05) is 13.0 Å². The summed E-state index contributed by atoms with van der Waals surface area (Å²) in [5.74, 6) is -0.380. The summed E-state index contributed by atoms with van der Waals surface area (Å²) < 4.78 is 41.3. The van der Waals surface area contributed by atoms with E-state index in [4.69, 9.17) is 0 Å². The number of Topliss-reactive ketones (excluding diaryl/α,β-unsaturated/α-hetero) is 1. The molecule has 0 aliphatic carbocycles. The number of carbonyl (C=O) groups is 2. The Morgan fingerprint density at radius 3 is 2.50 bits per heavy atom. The van der Waals surface area contributed by atoms with Crippen molar-refractivity contribution in [3.05, 3.63) is 53.0 Å². The number of hydrogen-bond acceptors (Lipinski definition) is 5. The van der Waals surface area contributed by atoms with Crippen LogP contribution in [0.25, 0.3) is 0 Å². The lowest BCUT2D eigenvalue weighted by molar-refractivity contribution is -0.154. The van der Waals surface area contributed by atoms with Gasteiger partial charge in [0.1, 0.15) is 5.78 Å². The molecule has 0 fully saturated rings. The fraction of sp³-hybridized carbons (Fsp3) is 0.429. The average molecular weight is 423 g/mol. The predicted octanol–water partition coefficient (Wildman–Crippen LogP) is 4.08. The number of ether oxygens (including phenoxy) is 1. The summed E-state index contributed by atoms with van der Waals surface area (Å²) in [7, 11) is 1.62. The molecule has 0 saturated carbocycles. The number of aryl methyl sites for hydroxylation is 1. The van der Waals surface area contributed by atoms with Crippen LogP contribution in [-0.4, -0.2) is 46.4 Å². The van der Waals surface area contributed by atoms with Crippen molar-refractivity contribution in [2.45, 2.75) is 45.8 Å². The monoisotopic (exact) mass is 423 g/mol. The van der Waals surface area contributed by atoms with Crippen LogP contribution in [0.5, 0.6) is 5.88 Å². The van der Waals surface area contributed by atoms with Crippen LogP contribution in [0, 0.1) is 6.92 Å². The molecule has 2 heterocycles. The van der Waals surface area contributed by atoms with Crippen molar-refractivity contribution in [3.8, 4) is 5.88 Å². The van der Waals surface area contributed by atoms with Crippen LogP contribution >= 0.6 is 0 Å². The van der Waals surface area contributed by atoms with Gasteiger partial charge < -0.3 is 9.64 Å². The first-order valence-electron chi connectivity index (χ1n) is 9.42. The van der Waals surface area contributed by atoms with Gasteiger partial charge in [0.25, 0.3) is 5.91 Å². The van der Waals surface area contributed by atoms with E-state index in [-0.39, 0.29) is 24.0 Å². The Bertz CT molecular complexity index is 899. The number of hydrogen-bond donors (Lipinski definition) is 0. The highest BCUT2D eigenvalue weighted by molar-refractivity contribution is 5.94. The van der Waals surface area contributed by atoms with Gasteiger partial charge >= 0.3 is 6.18 Å². The number of nitrogens with zero attached hydrogens (tertiary/aromatic N) is 3. The van der Waals surface area contributed by atoms with Crippen molar-refractivity contribution in [2.24, 2.45) is 0 Å². The Hall–Kier alpha value is -2.97. The standard InChI is InChI=1S/C21H24F3N3O3/c1-5-18(28)10-17-9-16(8-13(2)26-17)20(29)27(4)14(3)15-6-7-19(25-11-15)30-12-21(22,23)24/h6-9,11,14H,5,10,12H2,1-4H3. The average Bonchev–Trinajstić information content (AvgIpc) is 2.69. The lowest BCUT2D eigenvalue weighted by Gasteiger charge is -2.25. The van der Waals surface area contributed by atoms with Crippen LogP contribution in [0.2, 0.25) is 0 Å². The fourth-order valence-electron chi connectivity index (χ4n) is 2.76. The minimum atomic E-state index is -4.44. The molecular weight excluding hydrogens is 399 g/mol. The maximum atomic E-state index is 12.9. The molecule has 0 bridgehead atoms. The van der Waals surface area contributed by atoms with E-state index < -0.39 is 18.8 Å². The molecule has 1 atom stereocenters. The number of aromatic nitrogens is 2. The van der Waals surface area contributed by atoms with Gasteiger partial charge in [0.15, 0.2) is 6.61 Å². The minimum absolute atomic E-state index is 0.0344. The molecule has 0 spiro atoms. The topological polar surface area (TPSA) is 72.4 Å². The zero-order valence-corrected chi connectivity index (χ0v) is 17.3. The first-order valence-corrected chi connectivity index (χ1v) is 9.42. The summed E-state index contributed by atoms with van der Waals surface area (Å²) >= 11 is 0. The first kappa shape index (κ1) is 23.3. The van der Waals surface area contributed by atoms with Gasteiger partial charge in [0, 0.05) is 49.1 Å². The minimum Gasteiger partial charge on any atom is -0.468 e. The molecule has 0 aliphatic heterocycles. The summed E-state index contributed by atoms with van der Waals surface area (Å²) in [6, 6.07) is 5.77. The highest BCUT2D eigenvalue weighted by atomic mass is 19.4. The molecule has 2 aromatic heterocycles. The molecule has 2 rings (SSSR count). The molecular formula is C21H24F3N3O3. The third-order valence-electron chi connectivity index (χ3n) is 4.55. The summed E-state index contributed by atoms with van der Waals surface area (Å²) in [5, 5.41) is 0. The number of carbonyl (C=O) groups excluding carboxylic acids is 2. The molecule has 0 radical (unpaired) electrons. The summed E-state index contributed by atoms with van der Waals surface area (Å²) in [4.78, 5) is 34.3. The Morgan fingerprint density at radius 2 is 1.93 bits per heavy atom. The van der Waals surface area contributed by atoms with Crippen LogP contribution in [-0.2, 0) is 11.2 Å². The van der Waals surface area contributed by atoms with Crippen molar-refractivity contribution < 1.29 is 27.5 Å². The SMILES string of the molecule is CCC(=O)Cc1cc(C(=O)N(C)C(C)c2ccc(OCC(F)(F)F)nc2)cc(C)n1. The molecule has 6 nitrogen and oxygen atoms in total. The maximum Gasteiger partial charge on any atom is 0.422 e. The maximum absolute atomic E-state index is 12.9. The van der Waals surface area contributed by atoms with Gasteiger partial charge in [-0.05, 0) is 31.5 Å². The number of alkyl halides is 3. The molecule has 0 aromatic carbocycles. The van der Waals surface area contributed by atoms with E-state index >= 15 is 0 Å². The van der Waals surface area contributed by atoms with E-state index in [0.29, 0.717) is 28.9 Å². The van der Waals surface area contributed by atoms with Gasteiger partial charge in [-0.15, -0.1) is 0 Å². The number of amides is 1. The van der Waals surface area contributed by atoms with E-state index in [1.807, 2.05) is 0 Å². The van der Waals surface area contributed by atoms with Gasteiger partial charge in [0.2, 0.25) is 5.88 Å². The van der Waals surface area contributed by atoms with Crippen LogP contribution in [0.15, 0.2) is 30.5 Å². The quantitative estimate of drug-likeness (QED) is 0.640. The van der Waals surface area contributed by atoms with Crippen molar-refractivity contribution in [3.63, 3.8) is 0 Å². The van der Waals surface area contributed by atoms with Crippen LogP contribution in [0.3, 0.4) is 0 Å². The van der Waals surface area contributed by atoms with E-state index in [0.717, 1.165) is 0 Å². The number of rotatable bonds is 8. The molecule has 1 unspecified atom stereocenters. The van der Waals surface area contributed by atoms with Crippen LogP contribution < -0.4 is 4.74 Å². The lowest BCUT2D eigenvalue weighted by Crippen LogP contribution is -2.30. The first-order chi connectivity index (χ1) is 14.0. The van der Waals surface area contributed by atoms with Crippen molar-refractivity contribution in [2.75, 3.05) is 13.7 Å². The summed E-state index contributed by atoms with van der Waals surface area (Å²) in [5.41, 5.74) is 2.22. The fourth-order valence-corrected chi connectivity index (χ4v) is 2.76. The van der Waals surface area contributed by atoms with Crippen LogP contribution in [0.4, 0.5) is 13.2 Å². The number of pyridine rings is 2. The Morgan fingerprint density at radius 1 is 1.23 bits per heavy atom. The van der Waals surface area contributed by atoms with Crippen molar-refractivity contribution >= 4 is 11.7 Å². The largest absolute Gasteiger partial charge is 0.468 e. The Balaban J connectivity index is 2.12. The number of halogens is 3. The molecule has 1 amide bonds. The summed E-state index contributed by atoms with van der Waals surface area (Å²) in [6.45, 7) is 3.88. The third-order valence-corrected chi connectivity index (χ3v) is 4.55. The van der Waals surface area contributed by atoms with Gasteiger partial charge in [-0.2, -0.15) is 13.2 Å². The van der Waals surface area contributed by atoms with Crippen LogP contribution in [0.1, 0.15) is 53.6 Å². The molecule has 162 valence electrons. The zero-order valence-electron chi connectivity index (χ0n) is 17.3. The Kier molecular flexibility index (Phi) is 7.53. The normalized spacial score (nSPS) is 12.4. The van der Waals surface area contributed by atoms with E-state index in [1.165, 1.54) is 17.2 Å². The van der Waals surface area contributed by atoms with E-state index in [2.05, 4.69) is 14.7 Å². The molecule has 2 aromatic rings. The molecule has 9 heteroatoms. The zero-order chi connectivity index (χ0) is 22.5. The molecule has 0 saturated heterocycles. The van der Waals surface area contributed by atoms with Crippen molar-refractivity contribution in [1.82, 2.24) is 14.9 Å². The van der Waals surface area contributed by atoms with E-state index in [9.17, 15) is 22.8 Å². The summed E-state index contributed by atoms with van der Waals surface area (Å²) in [6.07, 6.45) is -2.50. The van der Waals surface area contributed by atoms with E-state index in [1.54, 1.807) is 46.0 Å². The van der Waals surface area contributed by atoms with Gasteiger partial charge in [-0.25, -0.2) is 4.98 Å². The third kappa shape index (κ3) is 6.53.